The summed E-state index contributed by atoms with van der Waals surface area (Å²) in [6.45, 7) is 9.12. The highest BCUT2D eigenvalue weighted by molar-refractivity contribution is 5.81. The summed E-state index contributed by atoms with van der Waals surface area (Å²) >= 11 is 0. The van der Waals surface area contributed by atoms with Crippen LogP contribution in [-0.4, -0.2) is 24.5 Å². The highest BCUT2D eigenvalue weighted by atomic mass is 16.2. The first-order valence-electron chi connectivity index (χ1n) is 6.15. The van der Waals surface area contributed by atoms with Crippen LogP contribution >= 0.6 is 0 Å². The van der Waals surface area contributed by atoms with E-state index < -0.39 is 0 Å². The minimum absolute atomic E-state index is 0.0802. The second-order valence-corrected chi connectivity index (χ2v) is 4.22. The van der Waals surface area contributed by atoms with Crippen LogP contribution in [0.2, 0.25) is 0 Å². The molecule has 3 nitrogen and oxygen atoms in total. The van der Waals surface area contributed by atoms with E-state index in [1.165, 1.54) is 0 Å². The molecule has 0 radical (unpaired) electrons. The normalized spacial score (nSPS) is 14.7. The molecule has 2 unspecified atom stereocenters. The van der Waals surface area contributed by atoms with Crippen molar-refractivity contribution in [1.29, 1.82) is 0 Å². The van der Waals surface area contributed by atoms with Crippen molar-refractivity contribution >= 4 is 5.91 Å². The number of amides is 1. The number of nitrogens with one attached hydrogen (secondary N) is 2. The summed E-state index contributed by atoms with van der Waals surface area (Å²) in [6.07, 6.45) is 4.45. The second-order valence-electron chi connectivity index (χ2n) is 4.22. The molecule has 0 aromatic heterocycles. The molecule has 15 heavy (non-hydrogen) atoms. The fraction of sp³-hybridized carbons (Fsp3) is 0.917. The SMILES string of the molecule is CCCCNC(=O)C(C)NC(C)CCC. The van der Waals surface area contributed by atoms with Crippen LogP contribution in [0, 0.1) is 0 Å². The zero-order valence-corrected chi connectivity index (χ0v) is 10.6. The molecule has 0 bridgehead atoms. The molecule has 0 spiro atoms. The summed E-state index contributed by atoms with van der Waals surface area (Å²) in [6, 6.07) is 0.338. The third kappa shape index (κ3) is 7.37. The monoisotopic (exact) mass is 214 g/mol. The van der Waals surface area contributed by atoms with Gasteiger partial charge >= 0.3 is 0 Å². The highest BCUT2D eigenvalue weighted by Crippen LogP contribution is 1.97. The highest BCUT2D eigenvalue weighted by Gasteiger charge is 2.13. The number of hydrogen-bond donors (Lipinski definition) is 2. The Morgan fingerprint density at radius 1 is 1.20 bits per heavy atom. The summed E-state index contributed by atoms with van der Waals surface area (Å²) in [4.78, 5) is 11.6. The van der Waals surface area contributed by atoms with Crippen molar-refractivity contribution in [2.24, 2.45) is 0 Å². The zero-order valence-electron chi connectivity index (χ0n) is 10.6. The third-order valence-corrected chi connectivity index (χ3v) is 2.48. The number of carbonyl (C=O) groups excluding carboxylic acids is 1. The van der Waals surface area contributed by atoms with Crippen molar-refractivity contribution in [2.75, 3.05) is 6.54 Å². The Hall–Kier alpha value is -0.570. The molecule has 0 rings (SSSR count). The van der Waals surface area contributed by atoms with Crippen LogP contribution in [0.5, 0.6) is 0 Å². The van der Waals surface area contributed by atoms with Gasteiger partial charge in [0, 0.05) is 12.6 Å². The van der Waals surface area contributed by atoms with Crippen LogP contribution < -0.4 is 10.6 Å². The van der Waals surface area contributed by atoms with E-state index in [2.05, 4.69) is 31.4 Å². The molecule has 0 aliphatic heterocycles. The van der Waals surface area contributed by atoms with E-state index in [1.54, 1.807) is 0 Å². The molecule has 90 valence electrons. The van der Waals surface area contributed by atoms with Gasteiger partial charge in [-0.3, -0.25) is 4.79 Å². The van der Waals surface area contributed by atoms with Gasteiger partial charge in [-0.25, -0.2) is 0 Å². The molecule has 1 amide bonds. The minimum atomic E-state index is -0.0802. The Kier molecular flexibility index (Phi) is 8.38. The Morgan fingerprint density at radius 2 is 1.87 bits per heavy atom. The Bertz CT molecular complexity index is 171. The number of unbranched alkanes of at least 4 members (excludes halogenated alkanes) is 1. The Balaban J connectivity index is 3.68. The number of carbonyl (C=O) groups is 1. The molecule has 3 heteroatoms. The molecular formula is C12H26N2O. The van der Waals surface area contributed by atoms with E-state index in [1.807, 2.05) is 6.92 Å². The van der Waals surface area contributed by atoms with Gasteiger partial charge in [0.25, 0.3) is 0 Å². The van der Waals surface area contributed by atoms with E-state index in [9.17, 15) is 4.79 Å². The smallest absolute Gasteiger partial charge is 0.236 e. The van der Waals surface area contributed by atoms with Crippen molar-refractivity contribution in [2.45, 2.75) is 65.5 Å². The zero-order chi connectivity index (χ0) is 11.7. The topological polar surface area (TPSA) is 41.1 Å². The maximum Gasteiger partial charge on any atom is 0.236 e. The maximum absolute atomic E-state index is 11.6. The molecule has 0 aromatic carbocycles. The summed E-state index contributed by atoms with van der Waals surface area (Å²) in [5.74, 6) is 0.117. The van der Waals surface area contributed by atoms with Crippen LogP contribution in [0.25, 0.3) is 0 Å². The van der Waals surface area contributed by atoms with Gasteiger partial charge in [-0.1, -0.05) is 26.7 Å². The first-order chi connectivity index (χ1) is 7.11. The average molecular weight is 214 g/mol. The van der Waals surface area contributed by atoms with Crippen LogP contribution in [0.15, 0.2) is 0 Å². The quantitative estimate of drug-likeness (QED) is 0.607. The molecule has 2 N–H and O–H groups in total. The molecule has 0 fully saturated rings. The molecule has 0 saturated carbocycles. The van der Waals surface area contributed by atoms with Gasteiger partial charge in [0.1, 0.15) is 0 Å². The lowest BCUT2D eigenvalue weighted by Crippen LogP contribution is -2.45. The molecule has 0 aliphatic carbocycles. The first-order valence-corrected chi connectivity index (χ1v) is 6.15. The number of rotatable bonds is 8. The van der Waals surface area contributed by atoms with Gasteiger partial charge in [0.15, 0.2) is 0 Å². The van der Waals surface area contributed by atoms with E-state index in [0.717, 1.165) is 32.2 Å². The Morgan fingerprint density at radius 3 is 2.40 bits per heavy atom. The minimum Gasteiger partial charge on any atom is -0.355 e. The van der Waals surface area contributed by atoms with Crippen LogP contribution in [-0.2, 0) is 4.79 Å². The van der Waals surface area contributed by atoms with Gasteiger partial charge in [0.2, 0.25) is 5.91 Å². The molecule has 2 atom stereocenters. The summed E-state index contributed by atoms with van der Waals surface area (Å²) in [7, 11) is 0. The second kappa shape index (κ2) is 8.72. The largest absolute Gasteiger partial charge is 0.355 e. The van der Waals surface area contributed by atoms with E-state index in [-0.39, 0.29) is 11.9 Å². The van der Waals surface area contributed by atoms with E-state index >= 15 is 0 Å². The van der Waals surface area contributed by atoms with Gasteiger partial charge < -0.3 is 10.6 Å². The van der Waals surface area contributed by atoms with Crippen molar-refractivity contribution in [3.8, 4) is 0 Å². The van der Waals surface area contributed by atoms with Crippen molar-refractivity contribution in [3.63, 3.8) is 0 Å². The lowest BCUT2D eigenvalue weighted by Gasteiger charge is -2.19. The van der Waals surface area contributed by atoms with E-state index in [0.29, 0.717) is 6.04 Å². The predicted octanol–water partition coefficient (Wildman–Crippen LogP) is 2.07. The molecule has 0 aliphatic rings. The summed E-state index contributed by atoms with van der Waals surface area (Å²) in [5, 5.41) is 6.22. The molecular weight excluding hydrogens is 188 g/mol. The fourth-order valence-electron chi connectivity index (χ4n) is 1.56. The average Bonchev–Trinajstić information content (AvgIpc) is 2.18. The third-order valence-electron chi connectivity index (χ3n) is 2.48. The van der Waals surface area contributed by atoms with Crippen LogP contribution in [0.3, 0.4) is 0 Å². The number of hydrogen-bond acceptors (Lipinski definition) is 2. The summed E-state index contributed by atoms with van der Waals surface area (Å²) < 4.78 is 0. The van der Waals surface area contributed by atoms with Gasteiger partial charge in [-0.2, -0.15) is 0 Å². The molecule has 0 aromatic rings. The van der Waals surface area contributed by atoms with Gasteiger partial charge in [-0.05, 0) is 26.7 Å². The van der Waals surface area contributed by atoms with Crippen LogP contribution in [0.1, 0.15) is 53.4 Å². The molecule has 0 heterocycles. The Labute approximate surface area is 94.0 Å². The summed E-state index contributed by atoms with van der Waals surface area (Å²) in [5.41, 5.74) is 0. The van der Waals surface area contributed by atoms with Crippen molar-refractivity contribution in [3.05, 3.63) is 0 Å². The standard InChI is InChI=1S/C12H26N2O/c1-5-7-9-13-12(15)11(4)14-10(3)8-6-2/h10-11,14H,5-9H2,1-4H3,(H,13,15). The predicted molar refractivity (Wildman–Crippen MR) is 64.9 cm³/mol. The maximum atomic E-state index is 11.6. The van der Waals surface area contributed by atoms with E-state index in [4.69, 9.17) is 0 Å². The van der Waals surface area contributed by atoms with Crippen molar-refractivity contribution < 1.29 is 4.79 Å². The fourth-order valence-corrected chi connectivity index (χ4v) is 1.56. The van der Waals surface area contributed by atoms with Gasteiger partial charge in [-0.15, -0.1) is 0 Å². The lowest BCUT2D eigenvalue weighted by atomic mass is 10.1. The lowest BCUT2D eigenvalue weighted by molar-refractivity contribution is -0.122. The van der Waals surface area contributed by atoms with Crippen LogP contribution in [0.4, 0.5) is 0 Å². The molecule has 0 saturated heterocycles. The first kappa shape index (κ1) is 14.4. The van der Waals surface area contributed by atoms with Crippen molar-refractivity contribution in [1.82, 2.24) is 10.6 Å². The van der Waals surface area contributed by atoms with Gasteiger partial charge in [0.05, 0.1) is 6.04 Å².